The van der Waals surface area contributed by atoms with E-state index in [2.05, 4.69) is 16.7 Å². The Kier molecular flexibility index (Phi) is 4.57. The third-order valence-electron chi connectivity index (χ3n) is 3.08. The number of amides is 1. The Hall–Kier alpha value is -2.80. The van der Waals surface area contributed by atoms with E-state index >= 15 is 0 Å². The second-order valence-corrected chi connectivity index (χ2v) is 4.69. The molecule has 0 aliphatic rings. The molecule has 2 aromatic carbocycles. The summed E-state index contributed by atoms with van der Waals surface area (Å²) < 4.78 is 0. The highest BCUT2D eigenvalue weighted by Crippen LogP contribution is 2.20. The first kappa shape index (κ1) is 14.6. The van der Waals surface area contributed by atoms with Gasteiger partial charge in [0.1, 0.15) is 6.07 Å². The molecule has 0 aromatic heterocycles. The van der Waals surface area contributed by atoms with E-state index in [9.17, 15) is 4.79 Å². The molecule has 0 fully saturated rings. The Bertz CT molecular complexity index is 701. The van der Waals surface area contributed by atoms with Crippen molar-refractivity contribution in [3.63, 3.8) is 0 Å². The maximum atomic E-state index is 12.4. The van der Waals surface area contributed by atoms with Gasteiger partial charge in [-0.3, -0.25) is 4.79 Å². The molecule has 0 spiro atoms. The SMILES string of the molecule is CCNc1cc(C)ccc1C(=O)Nc1ccccc1C#N. The number of nitriles is 1. The summed E-state index contributed by atoms with van der Waals surface area (Å²) in [5.41, 5.74) is 3.41. The van der Waals surface area contributed by atoms with E-state index in [1.54, 1.807) is 30.3 Å². The molecule has 0 saturated heterocycles. The standard InChI is InChI=1S/C17H17N3O/c1-3-19-16-10-12(2)8-9-14(16)17(21)20-15-7-5-4-6-13(15)11-18/h4-10,19H,3H2,1-2H3,(H,20,21). The van der Waals surface area contributed by atoms with Crippen molar-refractivity contribution in [3.8, 4) is 6.07 Å². The maximum Gasteiger partial charge on any atom is 0.257 e. The first-order valence-electron chi connectivity index (χ1n) is 6.80. The molecule has 0 saturated carbocycles. The van der Waals surface area contributed by atoms with Crippen LogP contribution in [0.3, 0.4) is 0 Å². The summed E-state index contributed by atoms with van der Waals surface area (Å²) in [4.78, 5) is 12.4. The molecule has 0 bridgehead atoms. The zero-order chi connectivity index (χ0) is 15.2. The molecule has 4 nitrogen and oxygen atoms in total. The summed E-state index contributed by atoms with van der Waals surface area (Å²) >= 11 is 0. The number of aryl methyl sites for hydroxylation is 1. The van der Waals surface area contributed by atoms with Crippen LogP contribution < -0.4 is 10.6 Å². The van der Waals surface area contributed by atoms with Crippen LogP contribution in [0.4, 0.5) is 11.4 Å². The van der Waals surface area contributed by atoms with Crippen LogP contribution in [0.5, 0.6) is 0 Å². The Morgan fingerprint density at radius 1 is 1.19 bits per heavy atom. The predicted molar refractivity (Wildman–Crippen MR) is 84.5 cm³/mol. The Labute approximate surface area is 124 Å². The van der Waals surface area contributed by atoms with Gasteiger partial charge in [0, 0.05) is 12.2 Å². The highest BCUT2D eigenvalue weighted by atomic mass is 16.1. The smallest absolute Gasteiger partial charge is 0.257 e. The fraction of sp³-hybridized carbons (Fsp3) is 0.176. The van der Waals surface area contributed by atoms with E-state index in [1.807, 2.05) is 26.0 Å². The van der Waals surface area contributed by atoms with Crippen LogP contribution in [0.2, 0.25) is 0 Å². The van der Waals surface area contributed by atoms with Crippen LogP contribution in [0, 0.1) is 18.3 Å². The van der Waals surface area contributed by atoms with E-state index in [0.29, 0.717) is 16.8 Å². The molecule has 0 unspecified atom stereocenters. The van der Waals surface area contributed by atoms with Crippen LogP contribution >= 0.6 is 0 Å². The number of carbonyl (C=O) groups excluding carboxylic acids is 1. The van der Waals surface area contributed by atoms with Gasteiger partial charge in [-0.15, -0.1) is 0 Å². The number of para-hydroxylation sites is 1. The topological polar surface area (TPSA) is 64.9 Å². The molecule has 2 aromatic rings. The molecule has 0 aliphatic heterocycles. The number of hydrogen-bond donors (Lipinski definition) is 2. The number of nitrogens with one attached hydrogen (secondary N) is 2. The summed E-state index contributed by atoms with van der Waals surface area (Å²) in [7, 11) is 0. The molecule has 0 radical (unpaired) electrons. The average molecular weight is 279 g/mol. The van der Waals surface area contributed by atoms with Gasteiger partial charge in [0.2, 0.25) is 0 Å². The molecular formula is C17H17N3O. The Balaban J connectivity index is 2.31. The van der Waals surface area contributed by atoms with Crippen molar-refractivity contribution in [2.75, 3.05) is 17.2 Å². The van der Waals surface area contributed by atoms with Gasteiger partial charge in [-0.05, 0) is 43.7 Å². The second kappa shape index (κ2) is 6.58. The van der Waals surface area contributed by atoms with E-state index in [-0.39, 0.29) is 5.91 Å². The van der Waals surface area contributed by atoms with Crippen molar-refractivity contribution in [3.05, 3.63) is 59.2 Å². The van der Waals surface area contributed by atoms with Gasteiger partial charge in [0.15, 0.2) is 0 Å². The van der Waals surface area contributed by atoms with E-state index in [1.165, 1.54) is 0 Å². The van der Waals surface area contributed by atoms with Crippen molar-refractivity contribution in [2.45, 2.75) is 13.8 Å². The molecule has 4 heteroatoms. The van der Waals surface area contributed by atoms with Gasteiger partial charge in [-0.1, -0.05) is 18.2 Å². The lowest BCUT2D eigenvalue weighted by molar-refractivity contribution is 0.102. The number of benzene rings is 2. The van der Waals surface area contributed by atoms with Crippen LogP contribution in [-0.2, 0) is 0 Å². The fourth-order valence-electron chi connectivity index (χ4n) is 2.07. The van der Waals surface area contributed by atoms with Gasteiger partial charge in [0.25, 0.3) is 5.91 Å². The lowest BCUT2D eigenvalue weighted by atomic mass is 10.1. The number of carbonyl (C=O) groups is 1. The highest BCUT2D eigenvalue weighted by Gasteiger charge is 2.13. The fourth-order valence-corrected chi connectivity index (χ4v) is 2.07. The molecule has 0 aliphatic carbocycles. The highest BCUT2D eigenvalue weighted by molar-refractivity contribution is 6.08. The van der Waals surface area contributed by atoms with Crippen LogP contribution in [-0.4, -0.2) is 12.5 Å². The maximum absolute atomic E-state index is 12.4. The quantitative estimate of drug-likeness (QED) is 0.899. The molecular weight excluding hydrogens is 262 g/mol. The summed E-state index contributed by atoms with van der Waals surface area (Å²) in [5, 5.41) is 15.0. The van der Waals surface area contributed by atoms with Gasteiger partial charge < -0.3 is 10.6 Å². The second-order valence-electron chi connectivity index (χ2n) is 4.69. The van der Waals surface area contributed by atoms with E-state index in [4.69, 9.17) is 5.26 Å². The summed E-state index contributed by atoms with van der Waals surface area (Å²) in [5.74, 6) is -0.228. The normalized spacial score (nSPS) is 9.76. The lowest BCUT2D eigenvalue weighted by Gasteiger charge is -2.12. The summed E-state index contributed by atoms with van der Waals surface area (Å²) in [6, 6.07) is 14.6. The van der Waals surface area contributed by atoms with Gasteiger partial charge in [-0.2, -0.15) is 5.26 Å². The zero-order valence-corrected chi connectivity index (χ0v) is 12.1. The first-order valence-corrected chi connectivity index (χ1v) is 6.80. The van der Waals surface area contributed by atoms with E-state index < -0.39 is 0 Å². The lowest BCUT2D eigenvalue weighted by Crippen LogP contribution is -2.15. The largest absolute Gasteiger partial charge is 0.385 e. The number of nitrogens with zero attached hydrogens (tertiary/aromatic N) is 1. The van der Waals surface area contributed by atoms with Crippen LogP contribution in [0.15, 0.2) is 42.5 Å². The van der Waals surface area contributed by atoms with Crippen molar-refractivity contribution in [1.82, 2.24) is 0 Å². The Morgan fingerprint density at radius 2 is 1.95 bits per heavy atom. The average Bonchev–Trinajstić information content (AvgIpc) is 2.48. The monoisotopic (exact) mass is 279 g/mol. The van der Waals surface area contributed by atoms with Crippen molar-refractivity contribution in [2.24, 2.45) is 0 Å². The van der Waals surface area contributed by atoms with Crippen LogP contribution in [0.25, 0.3) is 0 Å². The zero-order valence-electron chi connectivity index (χ0n) is 12.1. The molecule has 2 rings (SSSR count). The summed E-state index contributed by atoms with van der Waals surface area (Å²) in [6.07, 6.45) is 0. The molecule has 21 heavy (non-hydrogen) atoms. The van der Waals surface area contributed by atoms with Gasteiger partial charge >= 0.3 is 0 Å². The minimum atomic E-state index is -0.228. The van der Waals surface area contributed by atoms with Crippen molar-refractivity contribution >= 4 is 17.3 Å². The van der Waals surface area contributed by atoms with E-state index in [0.717, 1.165) is 17.8 Å². The minimum absolute atomic E-state index is 0.228. The molecule has 0 heterocycles. The van der Waals surface area contributed by atoms with Crippen molar-refractivity contribution < 1.29 is 4.79 Å². The Morgan fingerprint density at radius 3 is 2.67 bits per heavy atom. The summed E-state index contributed by atoms with van der Waals surface area (Å²) in [6.45, 7) is 4.70. The number of rotatable bonds is 4. The van der Waals surface area contributed by atoms with Gasteiger partial charge in [0.05, 0.1) is 16.8 Å². The van der Waals surface area contributed by atoms with Crippen LogP contribution in [0.1, 0.15) is 28.4 Å². The third-order valence-corrected chi connectivity index (χ3v) is 3.08. The number of anilines is 2. The number of hydrogen-bond acceptors (Lipinski definition) is 3. The minimum Gasteiger partial charge on any atom is -0.385 e. The molecule has 106 valence electrons. The predicted octanol–water partition coefficient (Wildman–Crippen LogP) is 3.55. The third kappa shape index (κ3) is 3.40. The van der Waals surface area contributed by atoms with Gasteiger partial charge in [-0.25, -0.2) is 0 Å². The van der Waals surface area contributed by atoms with Crippen molar-refractivity contribution in [1.29, 1.82) is 5.26 Å². The molecule has 1 amide bonds. The molecule has 0 atom stereocenters. The molecule has 2 N–H and O–H groups in total. The first-order chi connectivity index (χ1) is 10.2.